The van der Waals surface area contributed by atoms with Crippen molar-refractivity contribution in [1.82, 2.24) is 0 Å². The van der Waals surface area contributed by atoms with E-state index in [4.69, 9.17) is 20.8 Å². The number of halogens is 1. The van der Waals surface area contributed by atoms with Gasteiger partial charge in [0.1, 0.15) is 11.3 Å². The van der Waals surface area contributed by atoms with Gasteiger partial charge in [0.2, 0.25) is 0 Å². The van der Waals surface area contributed by atoms with Crippen LogP contribution in [0, 0.1) is 6.92 Å². The zero-order chi connectivity index (χ0) is 20.3. The Labute approximate surface area is 175 Å². The van der Waals surface area contributed by atoms with Gasteiger partial charge in [-0.2, -0.15) is 0 Å². The van der Waals surface area contributed by atoms with Crippen molar-refractivity contribution < 1.29 is 9.15 Å². The maximum Gasteiger partial charge on any atom is 0.339 e. The summed E-state index contributed by atoms with van der Waals surface area (Å²) in [4.78, 5) is 14.8. The quantitative estimate of drug-likeness (QED) is 0.507. The molecule has 0 saturated heterocycles. The number of hydrogen-bond acceptors (Lipinski definition) is 4. The monoisotopic (exact) mass is 409 g/mol. The number of rotatable bonds is 2. The van der Waals surface area contributed by atoms with Gasteiger partial charge in [0, 0.05) is 16.6 Å². The molecule has 29 heavy (non-hydrogen) atoms. The number of aryl methyl sites for hydroxylation is 2. The molecular formula is C24H24ClNO3. The summed E-state index contributed by atoms with van der Waals surface area (Å²) in [5.74, 6) is 1.03. The summed E-state index contributed by atoms with van der Waals surface area (Å²) in [6, 6.07) is 8.30. The second-order valence-corrected chi connectivity index (χ2v) is 8.79. The molecule has 5 rings (SSSR count). The Balaban J connectivity index is 1.70. The highest BCUT2D eigenvalue weighted by Crippen LogP contribution is 2.43. The van der Waals surface area contributed by atoms with Crippen LogP contribution in [0.15, 0.2) is 33.5 Å². The Kier molecular flexibility index (Phi) is 4.36. The molecule has 1 aliphatic carbocycles. The first-order valence-corrected chi connectivity index (χ1v) is 10.6. The lowest BCUT2D eigenvalue weighted by Gasteiger charge is -2.34. The van der Waals surface area contributed by atoms with Gasteiger partial charge in [-0.3, -0.25) is 0 Å². The molecule has 0 fully saturated rings. The van der Waals surface area contributed by atoms with Gasteiger partial charge in [-0.1, -0.05) is 43.6 Å². The minimum absolute atomic E-state index is 0.217. The minimum atomic E-state index is -0.217. The van der Waals surface area contributed by atoms with Crippen LogP contribution in [-0.4, -0.2) is 6.73 Å². The third kappa shape index (κ3) is 2.84. The van der Waals surface area contributed by atoms with E-state index in [0.29, 0.717) is 35.5 Å². The predicted octanol–water partition coefficient (Wildman–Crippen LogP) is 5.72. The number of nitrogens with zero attached hydrogens (tertiary/aromatic N) is 1. The van der Waals surface area contributed by atoms with Crippen LogP contribution in [0.2, 0.25) is 5.02 Å². The van der Waals surface area contributed by atoms with Crippen molar-refractivity contribution >= 4 is 28.3 Å². The number of anilines is 1. The van der Waals surface area contributed by atoms with E-state index in [-0.39, 0.29) is 5.63 Å². The number of benzene rings is 2. The first kappa shape index (κ1) is 18.6. The summed E-state index contributed by atoms with van der Waals surface area (Å²) in [6.45, 7) is 7.54. The van der Waals surface area contributed by atoms with Crippen LogP contribution in [0.5, 0.6) is 5.75 Å². The smallest absolute Gasteiger partial charge is 0.339 e. The molecule has 0 N–H and O–H groups in total. The van der Waals surface area contributed by atoms with Gasteiger partial charge in [0.15, 0.2) is 6.73 Å². The molecule has 0 unspecified atom stereocenters. The third-order valence-corrected chi connectivity index (χ3v) is 6.47. The molecule has 0 spiro atoms. The van der Waals surface area contributed by atoms with Crippen molar-refractivity contribution in [3.63, 3.8) is 0 Å². The summed E-state index contributed by atoms with van der Waals surface area (Å²) in [7, 11) is 0. The first-order chi connectivity index (χ1) is 14.0. The average Bonchev–Trinajstić information content (AvgIpc) is 3.19. The van der Waals surface area contributed by atoms with E-state index >= 15 is 0 Å². The lowest BCUT2D eigenvalue weighted by atomic mass is 9.96. The van der Waals surface area contributed by atoms with Gasteiger partial charge in [0.25, 0.3) is 0 Å². The molecule has 2 aromatic carbocycles. The summed E-state index contributed by atoms with van der Waals surface area (Å²) in [5.41, 5.74) is 6.85. The molecule has 0 saturated carbocycles. The van der Waals surface area contributed by atoms with Crippen LogP contribution < -0.4 is 15.3 Å². The Morgan fingerprint density at radius 2 is 1.93 bits per heavy atom. The first-order valence-electron chi connectivity index (χ1n) is 10.2. The largest absolute Gasteiger partial charge is 0.471 e. The highest BCUT2D eigenvalue weighted by Gasteiger charge is 2.29. The molecule has 4 nitrogen and oxygen atoms in total. The lowest BCUT2D eigenvalue weighted by Crippen LogP contribution is -2.33. The second-order valence-electron chi connectivity index (χ2n) is 8.38. The molecule has 150 valence electrons. The van der Waals surface area contributed by atoms with Crippen molar-refractivity contribution in [3.8, 4) is 5.75 Å². The van der Waals surface area contributed by atoms with E-state index in [1.54, 1.807) is 0 Å². The fourth-order valence-electron chi connectivity index (χ4n) is 4.83. The van der Waals surface area contributed by atoms with E-state index < -0.39 is 0 Å². The molecule has 2 aliphatic rings. The highest BCUT2D eigenvalue weighted by molar-refractivity contribution is 6.33. The van der Waals surface area contributed by atoms with Gasteiger partial charge in [0.05, 0.1) is 17.1 Å². The van der Waals surface area contributed by atoms with E-state index in [1.807, 2.05) is 6.07 Å². The van der Waals surface area contributed by atoms with Gasteiger partial charge in [-0.05, 0) is 54.9 Å². The molecular weight excluding hydrogens is 386 g/mol. The van der Waals surface area contributed by atoms with E-state index in [9.17, 15) is 4.79 Å². The van der Waals surface area contributed by atoms with Gasteiger partial charge < -0.3 is 14.1 Å². The van der Waals surface area contributed by atoms with Crippen LogP contribution in [-0.2, 0) is 19.4 Å². The summed E-state index contributed by atoms with van der Waals surface area (Å²) < 4.78 is 11.9. The second kappa shape index (κ2) is 6.81. The highest BCUT2D eigenvalue weighted by atomic mass is 35.5. The zero-order valence-corrected chi connectivity index (χ0v) is 17.7. The molecule has 0 amide bonds. The van der Waals surface area contributed by atoms with Crippen molar-refractivity contribution in [2.75, 3.05) is 11.6 Å². The SMILES string of the molecule is Cc1cccc(C(C)C)c1N1COc2c(Cl)cc3c4c(c(=O)oc3c2C1)CCC4. The molecule has 0 bridgehead atoms. The van der Waals surface area contributed by atoms with Gasteiger partial charge >= 0.3 is 5.63 Å². The third-order valence-electron chi connectivity index (χ3n) is 6.19. The Morgan fingerprint density at radius 3 is 2.72 bits per heavy atom. The molecule has 3 aromatic rings. The molecule has 2 heterocycles. The standard InChI is InChI=1S/C24H24ClNO3/c1-13(2)15-7-4-6-14(3)21(15)26-11-19-22-18(10-20(25)23(19)28-12-26)16-8-5-9-17(16)24(27)29-22/h4,6-7,10,13H,5,8-9,11-12H2,1-3H3. The van der Waals surface area contributed by atoms with E-state index in [0.717, 1.165) is 41.3 Å². The molecule has 0 atom stereocenters. The number of ether oxygens (including phenoxy) is 1. The van der Waals surface area contributed by atoms with Crippen molar-refractivity contribution in [2.45, 2.75) is 52.5 Å². The number of hydrogen-bond donors (Lipinski definition) is 0. The normalized spacial score (nSPS) is 15.6. The van der Waals surface area contributed by atoms with Gasteiger partial charge in [-0.25, -0.2) is 4.79 Å². The molecule has 5 heteroatoms. The Hall–Kier alpha value is -2.46. The van der Waals surface area contributed by atoms with Crippen molar-refractivity contribution in [2.24, 2.45) is 0 Å². The molecule has 1 aromatic heterocycles. The topological polar surface area (TPSA) is 42.7 Å². The summed E-state index contributed by atoms with van der Waals surface area (Å²) in [5, 5.41) is 1.55. The lowest BCUT2D eigenvalue weighted by molar-refractivity contribution is 0.288. The van der Waals surface area contributed by atoms with Crippen LogP contribution >= 0.6 is 11.6 Å². The summed E-state index contributed by atoms with van der Waals surface area (Å²) >= 11 is 6.61. The maximum atomic E-state index is 12.6. The summed E-state index contributed by atoms with van der Waals surface area (Å²) in [6.07, 6.45) is 2.66. The fraction of sp³-hybridized carbons (Fsp3) is 0.375. The van der Waals surface area contributed by atoms with Crippen molar-refractivity contribution in [1.29, 1.82) is 0 Å². The van der Waals surface area contributed by atoms with Crippen LogP contribution in [0.4, 0.5) is 5.69 Å². The van der Waals surface area contributed by atoms with E-state index in [2.05, 4.69) is 43.9 Å². The average molecular weight is 410 g/mol. The van der Waals surface area contributed by atoms with Gasteiger partial charge in [-0.15, -0.1) is 0 Å². The predicted molar refractivity (Wildman–Crippen MR) is 116 cm³/mol. The van der Waals surface area contributed by atoms with Crippen molar-refractivity contribution in [3.05, 3.63) is 67.5 Å². The van der Waals surface area contributed by atoms with E-state index in [1.165, 1.54) is 16.8 Å². The Morgan fingerprint density at radius 1 is 1.14 bits per heavy atom. The number of fused-ring (bicyclic) bond motifs is 5. The molecule has 0 radical (unpaired) electrons. The fourth-order valence-corrected chi connectivity index (χ4v) is 5.11. The van der Waals surface area contributed by atoms with Crippen LogP contribution in [0.3, 0.4) is 0 Å². The minimum Gasteiger partial charge on any atom is -0.471 e. The number of para-hydroxylation sites is 1. The van der Waals surface area contributed by atoms with Crippen LogP contribution in [0.1, 0.15) is 54.0 Å². The molecule has 1 aliphatic heterocycles. The maximum absolute atomic E-state index is 12.6. The zero-order valence-electron chi connectivity index (χ0n) is 17.0. The Bertz CT molecular complexity index is 1200. The van der Waals surface area contributed by atoms with Crippen LogP contribution in [0.25, 0.3) is 11.0 Å².